The molecule has 2 heterocycles. The molecule has 1 saturated carbocycles. The molecular formula is C18H19N3O4S2. The van der Waals surface area contributed by atoms with Crippen molar-refractivity contribution >= 4 is 33.3 Å². The lowest BCUT2D eigenvalue weighted by molar-refractivity contribution is -0.125. The summed E-state index contributed by atoms with van der Waals surface area (Å²) < 4.78 is 27.9. The summed E-state index contributed by atoms with van der Waals surface area (Å²) in [7, 11) is -3.70. The topological polar surface area (TPSA) is 104 Å². The molecule has 142 valence electrons. The fourth-order valence-electron chi connectivity index (χ4n) is 3.86. The van der Waals surface area contributed by atoms with Crippen molar-refractivity contribution in [3.8, 4) is 10.4 Å². The van der Waals surface area contributed by atoms with Gasteiger partial charge in [0.2, 0.25) is 10.0 Å². The minimum atomic E-state index is -3.70. The number of imide groups is 1. The van der Waals surface area contributed by atoms with E-state index in [4.69, 9.17) is 0 Å². The second-order valence-electron chi connectivity index (χ2n) is 6.82. The maximum absolute atomic E-state index is 12.6. The molecule has 1 spiro atoms. The van der Waals surface area contributed by atoms with Gasteiger partial charge in [-0.3, -0.25) is 10.1 Å². The summed E-state index contributed by atoms with van der Waals surface area (Å²) in [6.45, 7) is 0.0999. The normalized spacial score (nSPS) is 25.0. The average molecular weight is 406 g/mol. The van der Waals surface area contributed by atoms with Crippen molar-refractivity contribution in [3.63, 3.8) is 0 Å². The van der Waals surface area contributed by atoms with E-state index in [1.54, 1.807) is 35.6 Å². The van der Waals surface area contributed by atoms with Crippen LogP contribution in [0.4, 0.5) is 4.79 Å². The zero-order valence-electron chi connectivity index (χ0n) is 14.4. The fourth-order valence-corrected chi connectivity index (χ4v) is 5.67. The van der Waals surface area contributed by atoms with Crippen LogP contribution in [-0.2, 0) is 14.8 Å². The van der Waals surface area contributed by atoms with Crippen molar-refractivity contribution in [3.05, 3.63) is 41.8 Å². The van der Waals surface area contributed by atoms with Gasteiger partial charge in [-0.05, 0) is 42.0 Å². The lowest BCUT2D eigenvalue weighted by atomic mass is 9.87. The van der Waals surface area contributed by atoms with Gasteiger partial charge in [0.25, 0.3) is 5.91 Å². The predicted octanol–water partition coefficient (Wildman–Crippen LogP) is 2.07. The number of sulfonamides is 1. The van der Waals surface area contributed by atoms with Crippen LogP contribution >= 0.6 is 11.3 Å². The third-order valence-electron chi connectivity index (χ3n) is 5.28. The minimum absolute atomic E-state index is 0.0999. The van der Waals surface area contributed by atoms with Crippen LogP contribution in [0.1, 0.15) is 19.3 Å². The molecule has 0 bridgehead atoms. The molecule has 2 unspecified atom stereocenters. The standard InChI is InChI=1S/C18H19N3O4S2/c22-16-18(21-17(23)20-16)9-1-3-13(18)11-19-27(24,25)14-7-5-12(6-8-14)15-4-2-10-26-15/h2,4-8,10,13,19H,1,3,9,11H2,(H2,20,21,22,23). The second-order valence-corrected chi connectivity index (χ2v) is 9.54. The van der Waals surface area contributed by atoms with E-state index in [9.17, 15) is 18.0 Å². The molecular weight excluding hydrogens is 386 g/mol. The van der Waals surface area contributed by atoms with E-state index in [-0.39, 0.29) is 23.3 Å². The first-order chi connectivity index (χ1) is 12.9. The van der Waals surface area contributed by atoms with Crippen molar-refractivity contribution in [2.75, 3.05) is 6.54 Å². The van der Waals surface area contributed by atoms with E-state index in [1.165, 1.54) is 0 Å². The maximum Gasteiger partial charge on any atom is 0.322 e. The van der Waals surface area contributed by atoms with Gasteiger partial charge < -0.3 is 5.32 Å². The summed E-state index contributed by atoms with van der Waals surface area (Å²) in [4.78, 5) is 25.0. The third kappa shape index (κ3) is 3.26. The Balaban J connectivity index is 1.47. The lowest BCUT2D eigenvalue weighted by Gasteiger charge is -2.28. The quantitative estimate of drug-likeness (QED) is 0.663. The Morgan fingerprint density at radius 1 is 1.19 bits per heavy atom. The molecule has 9 heteroatoms. The summed E-state index contributed by atoms with van der Waals surface area (Å²) in [6, 6.07) is 10.1. The van der Waals surface area contributed by atoms with Crippen molar-refractivity contribution in [1.82, 2.24) is 15.4 Å². The molecule has 1 aliphatic heterocycles. The van der Waals surface area contributed by atoms with Crippen molar-refractivity contribution in [1.29, 1.82) is 0 Å². The highest BCUT2D eigenvalue weighted by Gasteiger charge is 2.54. The molecule has 1 saturated heterocycles. The zero-order chi connectivity index (χ0) is 19.1. The summed E-state index contributed by atoms with van der Waals surface area (Å²) in [5, 5.41) is 6.93. The van der Waals surface area contributed by atoms with E-state index in [0.717, 1.165) is 16.9 Å². The number of thiophene rings is 1. The molecule has 7 nitrogen and oxygen atoms in total. The summed E-state index contributed by atoms with van der Waals surface area (Å²) in [5.41, 5.74) is -0.0353. The number of amides is 3. The van der Waals surface area contributed by atoms with Crippen LogP contribution in [0.2, 0.25) is 0 Å². The van der Waals surface area contributed by atoms with E-state index in [2.05, 4.69) is 15.4 Å². The van der Waals surface area contributed by atoms with E-state index in [0.29, 0.717) is 12.8 Å². The van der Waals surface area contributed by atoms with Crippen LogP contribution in [0.25, 0.3) is 10.4 Å². The second kappa shape index (κ2) is 6.74. The number of carbonyl (C=O) groups is 2. The van der Waals surface area contributed by atoms with Crippen molar-refractivity contribution in [2.45, 2.75) is 29.7 Å². The van der Waals surface area contributed by atoms with Crippen LogP contribution in [-0.4, -0.2) is 32.4 Å². The van der Waals surface area contributed by atoms with Gasteiger partial charge in [0, 0.05) is 17.3 Å². The third-order valence-corrected chi connectivity index (χ3v) is 7.64. The van der Waals surface area contributed by atoms with Gasteiger partial charge in [-0.15, -0.1) is 11.3 Å². The molecule has 0 radical (unpaired) electrons. The molecule has 3 N–H and O–H groups in total. The maximum atomic E-state index is 12.6. The lowest BCUT2D eigenvalue weighted by Crippen LogP contribution is -2.53. The van der Waals surface area contributed by atoms with Crippen LogP contribution in [0, 0.1) is 5.92 Å². The van der Waals surface area contributed by atoms with Crippen LogP contribution < -0.4 is 15.4 Å². The van der Waals surface area contributed by atoms with Gasteiger partial charge in [0.05, 0.1) is 4.90 Å². The van der Waals surface area contributed by atoms with Crippen LogP contribution in [0.5, 0.6) is 0 Å². The number of benzene rings is 1. The number of urea groups is 1. The van der Waals surface area contributed by atoms with Crippen LogP contribution in [0.15, 0.2) is 46.7 Å². The van der Waals surface area contributed by atoms with Gasteiger partial charge in [0.15, 0.2) is 0 Å². The first kappa shape index (κ1) is 18.1. The van der Waals surface area contributed by atoms with E-state index < -0.39 is 21.6 Å². The first-order valence-electron chi connectivity index (χ1n) is 8.68. The van der Waals surface area contributed by atoms with Crippen LogP contribution in [0.3, 0.4) is 0 Å². The Kier molecular flexibility index (Phi) is 4.53. The van der Waals surface area contributed by atoms with E-state index >= 15 is 0 Å². The number of carbonyl (C=O) groups excluding carboxylic acids is 2. The molecule has 27 heavy (non-hydrogen) atoms. The molecule has 1 aromatic heterocycles. The Morgan fingerprint density at radius 3 is 2.59 bits per heavy atom. The summed E-state index contributed by atoms with van der Waals surface area (Å²) >= 11 is 1.59. The molecule has 2 atom stereocenters. The molecule has 1 aromatic carbocycles. The van der Waals surface area contributed by atoms with Gasteiger partial charge in [-0.25, -0.2) is 17.9 Å². The number of nitrogens with one attached hydrogen (secondary N) is 3. The molecule has 2 aromatic rings. The Bertz CT molecular complexity index is 971. The Labute approximate surface area is 161 Å². The monoisotopic (exact) mass is 405 g/mol. The average Bonchev–Trinajstić information content (AvgIpc) is 3.36. The molecule has 2 aliphatic rings. The molecule has 4 rings (SSSR count). The smallest absolute Gasteiger partial charge is 0.322 e. The first-order valence-corrected chi connectivity index (χ1v) is 11.0. The largest absolute Gasteiger partial charge is 0.323 e. The highest BCUT2D eigenvalue weighted by Crippen LogP contribution is 2.37. The minimum Gasteiger partial charge on any atom is -0.323 e. The Hall–Kier alpha value is -2.23. The zero-order valence-corrected chi connectivity index (χ0v) is 16.0. The highest BCUT2D eigenvalue weighted by atomic mass is 32.2. The number of hydrogen-bond acceptors (Lipinski definition) is 5. The van der Waals surface area contributed by atoms with Crippen molar-refractivity contribution < 1.29 is 18.0 Å². The summed E-state index contributed by atoms with van der Waals surface area (Å²) in [5.74, 6) is -0.640. The molecule has 2 fully saturated rings. The SMILES string of the molecule is O=C1NC(=O)C2(CCCC2CNS(=O)(=O)c2ccc(-c3cccs3)cc2)N1. The summed E-state index contributed by atoms with van der Waals surface area (Å²) in [6.07, 6.45) is 1.95. The highest BCUT2D eigenvalue weighted by molar-refractivity contribution is 7.89. The molecule has 3 amide bonds. The van der Waals surface area contributed by atoms with Crippen molar-refractivity contribution in [2.24, 2.45) is 5.92 Å². The van der Waals surface area contributed by atoms with E-state index in [1.807, 2.05) is 17.5 Å². The number of rotatable bonds is 5. The van der Waals surface area contributed by atoms with Gasteiger partial charge in [-0.1, -0.05) is 24.6 Å². The number of hydrogen-bond donors (Lipinski definition) is 3. The van der Waals surface area contributed by atoms with Gasteiger partial charge >= 0.3 is 6.03 Å². The van der Waals surface area contributed by atoms with Gasteiger partial charge in [0.1, 0.15) is 5.54 Å². The molecule has 1 aliphatic carbocycles. The Morgan fingerprint density at radius 2 is 1.96 bits per heavy atom. The predicted molar refractivity (Wildman–Crippen MR) is 102 cm³/mol. The fraction of sp³-hybridized carbons (Fsp3) is 0.333. The van der Waals surface area contributed by atoms with Gasteiger partial charge in [-0.2, -0.15) is 0 Å².